The quantitative estimate of drug-likeness (QED) is 0.582. The van der Waals surface area contributed by atoms with E-state index >= 15 is 0 Å². The monoisotopic (exact) mass is 445 g/mol. The SMILES string of the molecule is O=C1CCC(Nc2ccc(C3CCN(CC4CCC(C(=O)O)CC4)CC3)c(F)c2)C(=O)N1. The van der Waals surface area contributed by atoms with Crippen molar-refractivity contribution in [1.82, 2.24) is 10.2 Å². The number of carboxylic acids is 1. The van der Waals surface area contributed by atoms with Crippen LogP contribution in [0.4, 0.5) is 10.1 Å². The number of benzene rings is 1. The molecule has 1 aromatic rings. The van der Waals surface area contributed by atoms with Crippen molar-refractivity contribution in [2.24, 2.45) is 11.8 Å². The number of nitrogens with zero attached hydrogens (tertiary/aromatic N) is 1. The third-order valence-electron chi connectivity index (χ3n) is 7.32. The molecule has 7 nitrogen and oxygen atoms in total. The number of nitrogens with one attached hydrogen (secondary N) is 2. The highest BCUT2D eigenvalue weighted by atomic mass is 19.1. The predicted molar refractivity (Wildman–Crippen MR) is 118 cm³/mol. The molecule has 1 aromatic carbocycles. The number of hydrogen-bond donors (Lipinski definition) is 3. The van der Waals surface area contributed by atoms with Gasteiger partial charge in [-0.1, -0.05) is 6.07 Å². The second-order valence-electron chi connectivity index (χ2n) is 9.52. The van der Waals surface area contributed by atoms with Gasteiger partial charge >= 0.3 is 5.97 Å². The Bertz CT molecular complexity index is 861. The Labute approximate surface area is 187 Å². The van der Waals surface area contributed by atoms with Crippen molar-refractivity contribution in [1.29, 1.82) is 0 Å². The zero-order valence-electron chi connectivity index (χ0n) is 18.3. The highest BCUT2D eigenvalue weighted by Crippen LogP contribution is 2.34. The van der Waals surface area contributed by atoms with Crippen LogP contribution >= 0.6 is 0 Å². The third-order valence-corrected chi connectivity index (χ3v) is 7.32. The number of rotatable bonds is 6. The molecule has 0 aromatic heterocycles. The first-order valence-corrected chi connectivity index (χ1v) is 11.7. The molecule has 2 heterocycles. The molecule has 2 aliphatic heterocycles. The van der Waals surface area contributed by atoms with Crippen molar-refractivity contribution in [3.05, 3.63) is 29.6 Å². The number of anilines is 1. The highest BCUT2D eigenvalue weighted by molar-refractivity contribution is 6.01. The van der Waals surface area contributed by atoms with Crippen LogP contribution in [0.1, 0.15) is 62.8 Å². The number of imide groups is 1. The van der Waals surface area contributed by atoms with Gasteiger partial charge in [0.25, 0.3) is 0 Å². The summed E-state index contributed by atoms with van der Waals surface area (Å²) in [5.41, 5.74) is 1.27. The Morgan fingerprint density at radius 1 is 1.09 bits per heavy atom. The van der Waals surface area contributed by atoms with E-state index in [1.54, 1.807) is 0 Å². The molecule has 2 saturated heterocycles. The lowest BCUT2D eigenvalue weighted by atomic mass is 9.81. The number of amides is 2. The molecule has 1 aliphatic carbocycles. The van der Waals surface area contributed by atoms with Crippen molar-refractivity contribution >= 4 is 23.5 Å². The number of likely N-dealkylation sites (tertiary alicyclic amines) is 1. The molecule has 32 heavy (non-hydrogen) atoms. The van der Waals surface area contributed by atoms with Gasteiger partial charge in [0, 0.05) is 18.7 Å². The Hall–Kier alpha value is -2.48. The summed E-state index contributed by atoms with van der Waals surface area (Å²) < 4.78 is 14.9. The molecule has 4 rings (SSSR count). The van der Waals surface area contributed by atoms with E-state index in [0.29, 0.717) is 18.0 Å². The Kier molecular flexibility index (Phi) is 7.08. The fourth-order valence-electron chi connectivity index (χ4n) is 5.36. The zero-order chi connectivity index (χ0) is 22.7. The number of aliphatic carboxylic acids is 1. The Morgan fingerprint density at radius 2 is 1.81 bits per heavy atom. The van der Waals surface area contributed by atoms with Crippen LogP contribution in [-0.4, -0.2) is 53.5 Å². The van der Waals surface area contributed by atoms with E-state index in [0.717, 1.165) is 63.7 Å². The summed E-state index contributed by atoms with van der Waals surface area (Å²) in [7, 11) is 0. The minimum atomic E-state index is -0.662. The van der Waals surface area contributed by atoms with Crippen LogP contribution in [0.3, 0.4) is 0 Å². The summed E-state index contributed by atoms with van der Waals surface area (Å²) in [6.07, 6.45) is 6.01. The van der Waals surface area contributed by atoms with Crippen molar-refractivity contribution in [2.45, 2.75) is 63.3 Å². The normalized spacial score (nSPS) is 27.7. The Morgan fingerprint density at radius 3 is 2.44 bits per heavy atom. The van der Waals surface area contributed by atoms with Crippen LogP contribution in [0.15, 0.2) is 18.2 Å². The first-order valence-electron chi connectivity index (χ1n) is 11.7. The van der Waals surface area contributed by atoms with E-state index in [1.807, 2.05) is 12.1 Å². The average molecular weight is 446 g/mol. The second kappa shape index (κ2) is 9.98. The van der Waals surface area contributed by atoms with Crippen molar-refractivity contribution < 1.29 is 23.9 Å². The molecule has 1 saturated carbocycles. The lowest BCUT2D eigenvalue weighted by Crippen LogP contribution is -2.47. The van der Waals surface area contributed by atoms with Gasteiger partial charge in [0.1, 0.15) is 11.9 Å². The van der Waals surface area contributed by atoms with Gasteiger partial charge in [-0.05, 0) is 87.6 Å². The van der Waals surface area contributed by atoms with E-state index < -0.39 is 12.0 Å². The van der Waals surface area contributed by atoms with Crippen molar-refractivity contribution in [3.8, 4) is 0 Å². The molecule has 3 aliphatic rings. The topological polar surface area (TPSA) is 98.7 Å². The fraction of sp³-hybridized carbons (Fsp3) is 0.625. The van der Waals surface area contributed by atoms with Crippen molar-refractivity contribution in [3.63, 3.8) is 0 Å². The first-order chi connectivity index (χ1) is 15.4. The number of carbonyl (C=O) groups is 3. The maximum atomic E-state index is 14.9. The van der Waals surface area contributed by atoms with Gasteiger partial charge in [-0.25, -0.2) is 4.39 Å². The summed E-state index contributed by atoms with van der Waals surface area (Å²) in [5.74, 6) is -0.983. The van der Waals surface area contributed by atoms with Crippen LogP contribution in [-0.2, 0) is 14.4 Å². The molecule has 3 fully saturated rings. The number of carboxylic acid groups (broad SMARTS) is 1. The maximum Gasteiger partial charge on any atom is 0.306 e. The summed E-state index contributed by atoms with van der Waals surface area (Å²) >= 11 is 0. The molecule has 2 amide bonds. The second-order valence-corrected chi connectivity index (χ2v) is 9.52. The van der Waals surface area contributed by atoms with Gasteiger partial charge in [0.15, 0.2) is 0 Å². The fourth-order valence-corrected chi connectivity index (χ4v) is 5.36. The van der Waals surface area contributed by atoms with Gasteiger partial charge < -0.3 is 15.3 Å². The van der Waals surface area contributed by atoms with Crippen LogP contribution in [0.5, 0.6) is 0 Å². The van der Waals surface area contributed by atoms with E-state index in [4.69, 9.17) is 5.11 Å². The molecule has 0 bridgehead atoms. The van der Waals surface area contributed by atoms with E-state index in [1.165, 1.54) is 6.07 Å². The number of hydrogen-bond acceptors (Lipinski definition) is 5. The molecule has 8 heteroatoms. The standard InChI is InChI=1S/C24H32FN3O4/c25-20-13-18(26-21-7-8-22(29)27-23(21)30)5-6-19(20)16-9-11-28(12-10-16)14-15-1-3-17(4-2-15)24(31)32/h5-6,13,15-17,21,26H,1-4,7-12,14H2,(H,31,32)(H,27,29,30). The van der Waals surface area contributed by atoms with Gasteiger partial charge in [-0.2, -0.15) is 0 Å². The van der Waals surface area contributed by atoms with Gasteiger partial charge in [-0.15, -0.1) is 0 Å². The Balaban J connectivity index is 1.26. The van der Waals surface area contributed by atoms with Crippen LogP contribution < -0.4 is 10.6 Å². The minimum Gasteiger partial charge on any atom is -0.481 e. The summed E-state index contributed by atoms with van der Waals surface area (Å²) in [5, 5.41) is 14.5. The largest absolute Gasteiger partial charge is 0.481 e. The lowest BCUT2D eigenvalue weighted by molar-refractivity contribution is -0.143. The van der Waals surface area contributed by atoms with Gasteiger partial charge in [-0.3, -0.25) is 19.7 Å². The van der Waals surface area contributed by atoms with E-state index in [9.17, 15) is 18.8 Å². The molecule has 1 unspecified atom stereocenters. The van der Waals surface area contributed by atoms with Crippen LogP contribution in [0, 0.1) is 17.7 Å². The number of carbonyl (C=O) groups excluding carboxylic acids is 2. The number of halogens is 1. The molecule has 174 valence electrons. The van der Waals surface area contributed by atoms with Gasteiger partial charge in [0.05, 0.1) is 5.92 Å². The third kappa shape index (κ3) is 5.46. The first kappa shape index (κ1) is 22.7. The lowest BCUT2D eigenvalue weighted by Gasteiger charge is -2.36. The smallest absolute Gasteiger partial charge is 0.306 e. The van der Waals surface area contributed by atoms with E-state index in [2.05, 4.69) is 15.5 Å². The molecule has 3 N–H and O–H groups in total. The minimum absolute atomic E-state index is 0.174. The molecular formula is C24H32FN3O4. The predicted octanol–water partition coefficient (Wildman–Crippen LogP) is 3.11. The molecular weight excluding hydrogens is 413 g/mol. The van der Waals surface area contributed by atoms with Crippen molar-refractivity contribution in [2.75, 3.05) is 25.0 Å². The summed E-state index contributed by atoms with van der Waals surface area (Å²) in [6, 6.07) is 4.56. The van der Waals surface area contributed by atoms with Crippen LogP contribution in [0.25, 0.3) is 0 Å². The number of piperidine rings is 2. The average Bonchev–Trinajstić information content (AvgIpc) is 2.77. The highest BCUT2D eigenvalue weighted by Gasteiger charge is 2.30. The summed E-state index contributed by atoms with van der Waals surface area (Å²) in [4.78, 5) is 36.7. The van der Waals surface area contributed by atoms with Crippen LogP contribution in [0.2, 0.25) is 0 Å². The molecule has 1 atom stereocenters. The zero-order valence-corrected chi connectivity index (χ0v) is 18.3. The maximum absolute atomic E-state index is 14.9. The molecule has 0 spiro atoms. The molecule has 0 radical (unpaired) electrons. The van der Waals surface area contributed by atoms with E-state index in [-0.39, 0.29) is 35.9 Å². The summed E-state index contributed by atoms with van der Waals surface area (Å²) in [6.45, 7) is 2.87. The van der Waals surface area contributed by atoms with Gasteiger partial charge in [0.2, 0.25) is 11.8 Å².